The van der Waals surface area contributed by atoms with Gasteiger partial charge < -0.3 is 4.74 Å². The van der Waals surface area contributed by atoms with Crippen molar-refractivity contribution in [3.05, 3.63) is 12.2 Å². The molecule has 0 spiro atoms. The third-order valence-corrected chi connectivity index (χ3v) is 6.03. The van der Waals surface area contributed by atoms with E-state index >= 15 is 0 Å². The number of allylic oxidation sites excluding steroid dienone is 2. The number of esters is 1. The Kier molecular flexibility index (Phi) is 7.71. The largest absolute Gasteiger partial charge is 0.466 e. The van der Waals surface area contributed by atoms with E-state index in [1.54, 1.807) is 6.92 Å². The van der Waals surface area contributed by atoms with Crippen molar-refractivity contribution in [2.75, 3.05) is 6.61 Å². The number of carbonyl (C=O) groups is 2. The predicted octanol–water partition coefficient (Wildman–Crippen LogP) is 5.77. The summed E-state index contributed by atoms with van der Waals surface area (Å²) >= 11 is 0. The van der Waals surface area contributed by atoms with E-state index in [2.05, 4.69) is 12.2 Å². The van der Waals surface area contributed by atoms with Crippen LogP contribution in [0, 0.1) is 10.8 Å². The summed E-state index contributed by atoms with van der Waals surface area (Å²) in [7, 11) is 0. The van der Waals surface area contributed by atoms with Gasteiger partial charge in [-0.15, -0.1) is 0 Å². The van der Waals surface area contributed by atoms with E-state index in [9.17, 15) is 9.59 Å². The Labute approximate surface area is 153 Å². The van der Waals surface area contributed by atoms with E-state index in [1.165, 1.54) is 57.8 Å². The molecule has 0 aliphatic heterocycles. The summed E-state index contributed by atoms with van der Waals surface area (Å²) in [5.74, 6) is 0.353. The normalized spacial score (nSPS) is 18.8. The van der Waals surface area contributed by atoms with Gasteiger partial charge in [0.2, 0.25) is 0 Å². The lowest BCUT2D eigenvalue weighted by molar-refractivity contribution is -0.150. The van der Waals surface area contributed by atoms with E-state index < -0.39 is 0 Å². The molecule has 0 saturated heterocycles. The first-order chi connectivity index (χ1) is 12.0. The average Bonchev–Trinajstić information content (AvgIpc) is 3.48. The topological polar surface area (TPSA) is 43.4 Å². The van der Waals surface area contributed by atoms with Crippen molar-refractivity contribution in [1.29, 1.82) is 0 Å². The molecule has 1 saturated carbocycles. The van der Waals surface area contributed by atoms with Gasteiger partial charge in [0.25, 0.3) is 0 Å². The first-order valence-corrected chi connectivity index (χ1v) is 10.4. The summed E-state index contributed by atoms with van der Waals surface area (Å²) in [6.07, 6.45) is 19.6. The van der Waals surface area contributed by atoms with Crippen LogP contribution in [0.3, 0.4) is 0 Å². The Hall–Kier alpha value is -1.12. The molecule has 2 aliphatic rings. The van der Waals surface area contributed by atoms with Crippen molar-refractivity contribution >= 4 is 11.8 Å². The van der Waals surface area contributed by atoms with Crippen LogP contribution in [0.2, 0.25) is 0 Å². The number of rotatable bonds is 15. The molecule has 0 aromatic rings. The second-order valence-electron chi connectivity index (χ2n) is 8.11. The molecule has 0 unspecified atom stereocenters. The van der Waals surface area contributed by atoms with Gasteiger partial charge in [-0.25, -0.2) is 0 Å². The van der Waals surface area contributed by atoms with Gasteiger partial charge >= 0.3 is 5.97 Å². The van der Waals surface area contributed by atoms with Crippen LogP contribution in [-0.2, 0) is 14.3 Å². The van der Waals surface area contributed by atoms with E-state index in [0.717, 1.165) is 25.7 Å². The molecule has 2 aliphatic carbocycles. The Morgan fingerprint density at radius 1 is 0.840 bits per heavy atom. The van der Waals surface area contributed by atoms with Crippen LogP contribution in [0.15, 0.2) is 12.2 Å². The van der Waals surface area contributed by atoms with Crippen molar-refractivity contribution in [2.24, 2.45) is 10.8 Å². The van der Waals surface area contributed by atoms with Crippen LogP contribution in [0.4, 0.5) is 0 Å². The predicted molar refractivity (Wildman–Crippen MR) is 101 cm³/mol. The molecule has 0 N–H and O–H groups in total. The second kappa shape index (κ2) is 9.54. The number of unbranched alkanes of at least 4 members (excludes halogenated alkanes) is 8. The highest BCUT2D eigenvalue weighted by molar-refractivity contribution is 5.90. The highest BCUT2D eigenvalue weighted by Gasteiger charge is 2.50. The molecule has 3 nitrogen and oxygen atoms in total. The van der Waals surface area contributed by atoms with Crippen LogP contribution in [0.5, 0.6) is 0 Å². The summed E-state index contributed by atoms with van der Waals surface area (Å²) < 4.78 is 5.19. The van der Waals surface area contributed by atoms with E-state index in [-0.39, 0.29) is 16.8 Å². The summed E-state index contributed by atoms with van der Waals surface area (Å²) in [6.45, 7) is 4.10. The van der Waals surface area contributed by atoms with Crippen molar-refractivity contribution in [2.45, 2.75) is 97.3 Å². The van der Waals surface area contributed by atoms with Crippen molar-refractivity contribution < 1.29 is 14.3 Å². The molecule has 1 fully saturated rings. The zero-order valence-electron chi connectivity index (χ0n) is 16.3. The van der Waals surface area contributed by atoms with Gasteiger partial charge in [-0.05, 0) is 39.5 Å². The van der Waals surface area contributed by atoms with Gasteiger partial charge in [0, 0.05) is 0 Å². The molecule has 0 radical (unpaired) electrons. The summed E-state index contributed by atoms with van der Waals surface area (Å²) in [4.78, 5) is 23.3. The van der Waals surface area contributed by atoms with Gasteiger partial charge in [0.05, 0.1) is 17.4 Å². The monoisotopic (exact) mass is 348 g/mol. The van der Waals surface area contributed by atoms with E-state index in [0.29, 0.717) is 12.4 Å². The number of carbonyl (C=O) groups excluding carboxylic acids is 2. The summed E-state index contributed by atoms with van der Waals surface area (Å²) in [5, 5.41) is 0. The number of hydrogen-bond acceptors (Lipinski definition) is 3. The highest BCUT2D eigenvalue weighted by atomic mass is 16.5. The first-order valence-electron chi connectivity index (χ1n) is 10.4. The fraction of sp³-hybridized carbons (Fsp3) is 0.818. The standard InChI is InChI=1S/C22H36O3/c1-3-25-20(24)22(17-18-22)14-12-10-8-6-4-5-7-9-11-13-21(15-16-21)19(2)23/h15-16H,3-14,17-18H2,1-2H3. The van der Waals surface area contributed by atoms with E-state index in [4.69, 9.17) is 4.74 Å². The molecule has 0 amide bonds. The van der Waals surface area contributed by atoms with Gasteiger partial charge in [0.1, 0.15) is 5.78 Å². The van der Waals surface area contributed by atoms with Gasteiger partial charge in [-0.2, -0.15) is 0 Å². The smallest absolute Gasteiger partial charge is 0.312 e. The molecule has 0 bridgehead atoms. The zero-order chi connectivity index (χ0) is 18.2. The third-order valence-electron chi connectivity index (χ3n) is 6.03. The lowest BCUT2D eigenvalue weighted by atomic mass is 9.91. The van der Waals surface area contributed by atoms with Crippen LogP contribution in [0.1, 0.15) is 97.3 Å². The second-order valence-corrected chi connectivity index (χ2v) is 8.11. The Morgan fingerprint density at radius 2 is 1.32 bits per heavy atom. The lowest BCUT2D eigenvalue weighted by Gasteiger charge is -2.13. The first kappa shape index (κ1) is 20.2. The molecular weight excluding hydrogens is 312 g/mol. The Morgan fingerprint density at radius 3 is 1.72 bits per heavy atom. The third kappa shape index (κ3) is 6.27. The van der Waals surface area contributed by atoms with Crippen LogP contribution < -0.4 is 0 Å². The molecule has 2 rings (SSSR count). The maximum absolute atomic E-state index is 11.9. The van der Waals surface area contributed by atoms with Crippen molar-refractivity contribution in [1.82, 2.24) is 0 Å². The van der Waals surface area contributed by atoms with Crippen LogP contribution in [-0.4, -0.2) is 18.4 Å². The molecule has 0 aromatic carbocycles. The molecule has 25 heavy (non-hydrogen) atoms. The SMILES string of the molecule is CCOC(=O)C1(CCCCCCCCCCCC2(C(C)=O)C=C2)CC1. The van der Waals surface area contributed by atoms with Crippen LogP contribution >= 0.6 is 0 Å². The maximum Gasteiger partial charge on any atom is 0.312 e. The fourth-order valence-electron chi connectivity index (χ4n) is 3.79. The summed E-state index contributed by atoms with van der Waals surface area (Å²) in [5.41, 5.74) is -0.230. The summed E-state index contributed by atoms with van der Waals surface area (Å²) in [6, 6.07) is 0. The van der Waals surface area contributed by atoms with Gasteiger partial charge in [-0.1, -0.05) is 69.9 Å². The number of ketones is 1. The van der Waals surface area contributed by atoms with Crippen molar-refractivity contribution in [3.63, 3.8) is 0 Å². The lowest BCUT2D eigenvalue weighted by Crippen LogP contribution is -2.18. The number of hydrogen-bond donors (Lipinski definition) is 0. The Bertz CT molecular complexity index is 468. The van der Waals surface area contributed by atoms with E-state index in [1.807, 2.05) is 6.92 Å². The molecule has 0 aromatic heterocycles. The van der Waals surface area contributed by atoms with Crippen LogP contribution in [0.25, 0.3) is 0 Å². The Balaban J connectivity index is 1.36. The average molecular weight is 349 g/mol. The quantitative estimate of drug-likeness (QED) is 0.214. The molecule has 0 atom stereocenters. The number of ether oxygens (including phenoxy) is 1. The zero-order valence-corrected chi connectivity index (χ0v) is 16.3. The van der Waals surface area contributed by atoms with Gasteiger partial charge in [-0.3, -0.25) is 9.59 Å². The minimum absolute atomic E-state index is 0.0444. The highest BCUT2D eigenvalue weighted by Crippen LogP contribution is 2.51. The minimum Gasteiger partial charge on any atom is -0.466 e. The maximum atomic E-state index is 11.9. The molecule has 0 heterocycles. The molecular formula is C22H36O3. The minimum atomic E-state index is -0.136. The fourth-order valence-corrected chi connectivity index (χ4v) is 3.79. The van der Waals surface area contributed by atoms with Crippen molar-refractivity contribution in [3.8, 4) is 0 Å². The molecule has 142 valence electrons. The van der Waals surface area contributed by atoms with Gasteiger partial charge in [0.15, 0.2) is 0 Å². The number of Topliss-reactive ketones (excluding diaryl/α,β-unsaturated/α-hetero) is 1. The molecule has 3 heteroatoms.